The van der Waals surface area contributed by atoms with Crippen molar-refractivity contribution in [1.29, 1.82) is 0 Å². The smallest absolute Gasteiger partial charge is 0.407 e. The van der Waals surface area contributed by atoms with Crippen molar-refractivity contribution >= 4 is 43.4 Å². The van der Waals surface area contributed by atoms with Gasteiger partial charge < -0.3 is 25.7 Å². The van der Waals surface area contributed by atoms with E-state index >= 15 is 0 Å². The number of anilines is 2. The van der Waals surface area contributed by atoms with E-state index in [9.17, 15) is 36.6 Å². The van der Waals surface area contributed by atoms with Crippen molar-refractivity contribution < 1.29 is 36.6 Å². The number of piperidine rings is 1. The van der Waals surface area contributed by atoms with Gasteiger partial charge in [-0.05, 0) is 87.4 Å². The Hall–Kier alpha value is -3.24. The van der Waals surface area contributed by atoms with Crippen LogP contribution in [0.15, 0.2) is 47.4 Å². The van der Waals surface area contributed by atoms with E-state index in [0.717, 1.165) is 34.2 Å². The molecule has 2 aromatic carbocycles. The number of carbonyl (C=O) groups excluding carboxylic acids is 1. The fraction of sp³-hybridized carbons (Fsp3) is 0.576. The van der Waals surface area contributed by atoms with Crippen LogP contribution in [0.1, 0.15) is 68.8 Å². The molecule has 2 amide bonds. The molecule has 4 rings (SSSR count). The molecule has 2 aliphatic rings. The van der Waals surface area contributed by atoms with Gasteiger partial charge in [0, 0.05) is 44.5 Å². The summed E-state index contributed by atoms with van der Waals surface area (Å²) in [5.74, 6) is 0.729. The van der Waals surface area contributed by atoms with Gasteiger partial charge in [-0.3, -0.25) is 9.10 Å². The number of benzene rings is 2. The third kappa shape index (κ3) is 9.26. The average molecular weight is 708 g/mol. The first-order chi connectivity index (χ1) is 22.4. The van der Waals surface area contributed by atoms with Crippen molar-refractivity contribution in [2.45, 2.75) is 76.0 Å². The van der Waals surface area contributed by atoms with Crippen LogP contribution in [0.25, 0.3) is 0 Å². The number of β-amino-alcohol motifs (C(OH)–C–C–N with tert-alkyl or cyclic N) is 1. The van der Waals surface area contributed by atoms with Gasteiger partial charge in [0.1, 0.15) is 0 Å². The molecule has 1 saturated heterocycles. The van der Waals surface area contributed by atoms with Gasteiger partial charge in [-0.25, -0.2) is 21.6 Å². The lowest BCUT2D eigenvalue weighted by Crippen LogP contribution is -2.50. The number of aliphatic hydroxyl groups is 1. The molecule has 1 aliphatic carbocycles. The normalized spacial score (nSPS) is 17.4. The second-order valence-electron chi connectivity index (χ2n) is 13.8. The van der Waals surface area contributed by atoms with E-state index in [0.29, 0.717) is 30.3 Å². The van der Waals surface area contributed by atoms with E-state index < -0.39 is 43.7 Å². The van der Waals surface area contributed by atoms with Gasteiger partial charge in [-0.2, -0.15) is 4.31 Å². The number of aliphatic hydroxyl groups excluding tert-OH is 1. The molecule has 0 radical (unpaired) electrons. The van der Waals surface area contributed by atoms with Gasteiger partial charge in [-0.15, -0.1) is 0 Å². The van der Waals surface area contributed by atoms with Crippen LogP contribution in [0.4, 0.5) is 16.2 Å². The Morgan fingerprint density at radius 3 is 2.10 bits per heavy atom. The lowest BCUT2D eigenvalue weighted by Gasteiger charge is -2.39. The molecule has 2 aromatic rings. The minimum atomic E-state index is -3.72. The van der Waals surface area contributed by atoms with Crippen LogP contribution in [0, 0.1) is 11.8 Å². The Kier molecular flexibility index (Phi) is 11.8. The largest absolute Gasteiger partial charge is 0.465 e. The Morgan fingerprint density at radius 2 is 1.58 bits per heavy atom. The van der Waals surface area contributed by atoms with Crippen LogP contribution in [0.2, 0.25) is 0 Å². The first-order valence-corrected chi connectivity index (χ1v) is 19.5. The summed E-state index contributed by atoms with van der Waals surface area (Å²) in [4.78, 5) is 26.5. The van der Waals surface area contributed by atoms with E-state index in [4.69, 9.17) is 0 Å². The van der Waals surface area contributed by atoms with Crippen LogP contribution < -0.4 is 14.9 Å². The molecule has 1 aliphatic heterocycles. The first-order valence-electron chi connectivity index (χ1n) is 16.3. The van der Waals surface area contributed by atoms with Crippen LogP contribution in [-0.2, 0) is 26.6 Å². The molecule has 1 saturated carbocycles. The monoisotopic (exact) mass is 707 g/mol. The topological polar surface area (TPSA) is 177 Å². The number of rotatable bonds is 13. The standard InChI is InChI=1S/C33H49N5O8S2/c1-33(2,3)38(32(41)42)22-27(39)21-34-20-23-9-14-30(36(4)47(5,43)44)29(19-23)31(40)35-26-10-12-28(13-11-26)48(45,46)37-17-15-25(16-18-37)24-7-6-8-24/h9-14,19,24-25,27,34,39H,6-8,15-18,20-22H2,1-5H3,(H,35,40)(H,41,42). The highest BCUT2D eigenvalue weighted by Crippen LogP contribution is 2.39. The molecule has 0 aromatic heterocycles. The van der Waals surface area contributed by atoms with Crippen LogP contribution in [0.3, 0.4) is 0 Å². The van der Waals surface area contributed by atoms with Crippen molar-refractivity contribution in [1.82, 2.24) is 14.5 Å². The minimum Gasteiger partial charge on any atom is -0.465 e. The second-order valence-corrected chi connectivity index (χ2v) is 17.8. The van der Waals surface area contributed by atoms with Crippen molar-refractivity contribution in [3.05, 3.63) is 53.6 Å². The number of carbonyl (C=O) groups is 2. The highest BCUT2D eigenvalue weighted by Gasteiger charge is 2.34. The second kappa shape index (κ2) is 15.1. The molecule has 15 heteroatoms. The number of amides is 2. The van der Waals surface area contributed by atoms with Gasteiger partial charge in [0.25, 0.3) is 5.91 Å². The first kappa shape index (κ1) is 37.6. The maximum absolute atomic E-state index is 13.5. The molecule has 2 fully saturated rings. The summed E-state index contributed by atoms with van der Waals surface area (Å²) < 4.78 is 54.0. The summed E-state index contributed by atoms with van der Waals surface area (Å²) in [6.07, 6.45) is 4.39. The maximum Gasteiger partial charge on any atom is 0.407 e. The van der Waals surface area contributed by atoms with Gasteiger partial charge in [0.15, 0.2) is 0 Å². The van der Waals surface area contributed by atoms with E-state index in [1.165, 1.54) is 67.0 Å². The number of sulfonamides is 2. The zero-order valence-corrected chi connectivity index (χ0v) is 30.0. The van der Waals surface area contributed by atoms with Crippen molar-refractivity contribution in [2.24, 2.45) is 11.8 Å². The van der Waals surface area contributed by atoms with Crippen molar-refractivity contribution in [3.63, 3.8) is 0 Å². The third-order valence-corrected chi connectivity index (χ3v) is 12.5. The predicted octanol–water partition coefficient (Wildman–Crippen LogP) is 3.76. The summed E-state index contributed by atoms with van der Waals surface area (Å²) >= 11 is 0. The summed E-state index contributed by atoms with van der Waals surface area (Å²) in [6, 6.07) is 10.6. The Bertz CT molecular complexity index is 1660. The van der Waals surface area contributed by atoms with Crippen LogP contribution in [-0.4, -0.2) is 99.4 Å². The quantitative estimate of drug-likeness (QED) is 0.242. The van der Waals surface area contributed by atoms with Gasteiger partial charge in [-0.1, -0.05) is 25.3 Å². The summed E-state index contributed by atoms with van der Waals surface area (Å²) in [5.41, 5.74) is 0.469. The summed E-state index contributed by atoms with van der Waals surface area (Å²) in [7, 11) is -6.05. The highest BCUT2D eigenvalue weighted by molar-refractivity contribution is 7.92. The maximum atomic E-state index is 13.5. The molecule has 13 nitrogen and oxygen atoms in total. The Morgan fingerprint density at radius 1 is 0.979 bits per heavy atom. The zero-order chi connectivity index (χ0) is 35.4. The molecule has 1 unspecified atom stereocenters. The molecular weight excluding hydrogens is 659 g/mol. The fourth-order valence-electron chi connectivity index (χ4n) is 6.18. The predicted molar refractivity (Wildman–Crippen MR) is 185 cm³/mol. The lowest BCUT2D eigenvalue weighted by molar-refractivity contribution is 0.0558. The van der Waals surface area contributed by atoms with E-state index in [-0.39, 0.29) is 35.8 Å². The van der Waals surface area contributed by atoms with Gasteiger partial charge >= 0.3 is 6.09 Å². The summed E-state index contributed by atoms with van der Waals surface area (Å²) in [5, 5.41) is 25.8. The molecule has 0 bridgehead atoms. The van der Waals surface area contributed by atoms with Crippen molar-refractivity contribution in [3.8, 4) is 0 Å². The van der Waals surface area contributed by atoms with E-state index in [1.54, 1.807) is 26.8 Å². The summed E-state index contributed by atoms with van der Waals surface area (Å²) in [6.45, 7) is 6.38. The number of carboxylic acid groups (broad SMARTS) is 1. The number of nitrogens with one attached hydrogen (secondary N) is 2. The number of hydrogen-bond acceptors (Lipinski definition) is 8. The molecular formula is C33H49N5O8S2. The van der Waals surface area contributed by atoms with Gasteiger partial charge in [0.05, 0.1) is 35.1 Å². The number of nitrogens with zero attached hydrogens (tertiary/aromatic N) is 3. The third-order valence-electron chi connectivity index (χ3n) is 9.35. The average Bonchev–Trinajstić information content (AvgIpc) is 2.98. The van der Waals surface area contributed by atoms with Crippen LogP contribution >= 0.6 is 0 Å². The number of hydrogen-bond donors (Lipinski definition) is 4. The molecule has 0 spiro atoms. The SMILES string of the molecule is CN(c1ccc(CNCC(O)CN(C(=O)O)C(C)(C)C)cc1C(=O)Nc1ccc(S(=O)(=O)N2CCC(C3CCC3)CC2)cc1)S(C)(=O)=O. The lowest BCUT2D eigenvalue weighted by atomic mass is 9.72. The molecule has 266 valence electrons. The zero-order valence-electron chi connectivity index (χ0n) is 28.3. The fourth-order valence-corrected chi connectivity index (χ4v) is 8.17. The molecule has 4 N–H and O–H groups in total. The van der Waals surface area contributed by atoms with E-state index in [1.807, 2.05) is 0 Å². The van der Waals surface area contributed by atoms with Crippen molar-refractivity contribution in [2.75, 3.05) is 49.1 Å². The Balaban J connectivity index is 1.44. The Labute approximate surface area is 284 Å². The molecule has 1 heterocycles. The molecule has 1 atom stereocenters. The van der Waals surface area contributed by atoms with Gasteiger partial charge in [0.2, 0.25) is 20.0 Å². The minimum absolute atomic E-state index is 0.0681. The highest BCUT2D eigenvalue weighted by atomic mass is 32.2. The molecule has 48 heavy (non-hydrogen) atoms. The van der Waals surface area contributed by atoms with Crippen LogP contribution in [0.5, 0.6) is 0 Å². The van der Waals surface area contributed by atoms with E-state index in [2.05, 4.69) is 10.6 Å².